The molecule has 0 saturated heterocycles. The monoisotopic (exact) mass is 402 g/mol. The maximum atomic E-state index is 14.6. The van der Waals surface area contributed by atoms with Crippen LogP contribution in [0.25, 0.3) is 12.2 Å². The average molecular weight is 403 g/mol. The van der Waals surface area contributed by atoms with E-state index < -0.39 is 0 Å². The van der Waals surface area contributed by atoms with Crippen LogP contribution >= 0.6 is 0 Å². The van der Waals surface area contributed by atoms with Crippen LogP contribution in [0.3, 0.4) is 0 Å². The standard InChI is InChI=1S/C28H28F2/c1-3-4-6-9-22-12-14-25(27(29)19-22)16-17-26-15-13-23(20-28(26)30)18-21(2)24-10-7-5-8-11-24/h3-5,7-8,10-17,19-21H,6,9,18H2,1-2H3/b4-3+,17-16+. The first-order valence-electron chi connectivity index (χ1n) is 10.5. The van der Waals surface area contributed by atoms with Gasteiger partial charge in [-0.15, -0.1) is 0 Å². The molecule has 3 rings (SSSR count). The lowest BCUT2D eigenvalue weighted by Gasteiger charge is -2.12. The van der Waals surface area contributed by atoms with Crippen LogP contribution in [0.15, 0.2) is 78.9 Å². The number of allylic oxidation sites excluding steroid dienone is 2. The molecule has 154 valence electrons. The van der Waals surface area contributed by atoms with Gasteiger partial charge in [-0.1, -0.05) is 85.8 Å². The Morgan fingerprint density at radius 1 is 0.800 bits per heavy atom. The Hall–Kier alpha value is -3.00. The molecule has 0 saturated carbocycles. The summed E-state index contributed by atoms with van der Waals surface area (Å²) in [6, 6.07) is 20.8. The zero-order chi connectivity index (χ0) is 21.3. The van der Waals surface area contributed by atoms with E-state index >= 15 is 0 Å². The van der Waals surface area contributed by atoms with Crippen molar-refractivity contribution >= 4 is 12.2 Å². The van der Waals surface area contributed by atoms with Crippen LogP contribution in [0.2, 0.25) is 0 Å². The minimum atomic E-state index is -0.285. The van der Waals surface area contributed by atoms with Gasteiger partial charge >= 0.3 is 0 Å². The van der Waals surface area contributed by atoms with Gasteiger partial charge in [-0.3, -0.25) is 0 Å². The van der Waals surface area contributed by atoms with Crippen molar-refractivity contribution in [2.45, 2.75) is 39.0 Å². The van der Waals surface area contributed by atoms with Crippen LogP contribution in [0, 0.1) is 11.6 Å². The summed E-state index contributed by atoms with van der Waals surface area (Å²) < 4.78 is 29.0. The van der Waals surface area contributed by atoms with Crippen LogP contribution in [-0.2, 0) is 12.8 Å². The molecular weight excluding hydrogens is 374 g/mol. The van der Waals surface area contributed by atoms with E-state index in [1.54, 1.807) is 36.4 Å². The fourth-order valence-electron chi connectivity index (χ4n) is 3.54. The highest BCUT2D eigenvalue weighted by atomic mass is 19.1. The third-order valence-corrected chi connectivity index (χ3v) is 5.32. The van der Waals surface area contributed by atoms with Gasteiger partial charge in [0.05, 0.1) is 0 Å². The molecule has 0 spiro atoms. The Morgan fingerprint density at radius 2 is 1.40 bits per heavy atom. The van der Waals surface area contributed by atoms with Gasteiger partial charge in [0.25, 0.3) is 0 Å². The zero-order valence-corrected chi connectivity index (χ0v) is 17.6. The van der Waals surface area contributed by atoms with Gasteiger partial charge in [-0.2, -0.15) is 0 Å². The van der Waals surface area contributed by atoms with E-state index in [1.807, 2.05) is 43.3 Å². The van der Waals surface area contributed by atoms with Crippen LogP contribution in [0.4, 0.5) is 8.78 Å². The Morgan fingerprint density at radius 3 is 2.00 bits per heavy atom. The van der Waals surface area contributed by atoms with Crippen molar-refractivity contribution in [3.05, 3.63) is 118 Å². The van der Waals surface area contributed by atoms with Gasteiger partial charge < -0.3 is 0 Å². The molecule has 0 amide bonds. The second-order valence-electron chi connectivity index (χ2n) is 7.67. The molecule has 0 radical (unpaired) electrons. The molecule has 30 heavy (non-hydrogen) atoms. The first-order valence-corrected chi connectivity index (χ1v) is 10.5. The predicted octanol–water partition coefficient (Wildman–Crippen LogP) is 7.99. The zero-order valence-electron chi connectivity index (χ0n) is 17.6. The summed E-state index contributed by atoms with van der Waals surface area (Å²) >= 11 is 0. The van der Waals surface area contributed by atoms with E-state index in [0.29, 0.717) is 17.0 Å². The predicted molar refractivity (Wildman–Crippen MR) is 123 cm³/mol. The molecule has 1 unspecified atom stereocenters. The first kappa shape index (κ1) is 21.7. The van der Waals surface area contributed by atoms with Crippen molar-refractivity contribution in [3.63, 3.8) is 0 Å². The van der Waals surface area contributed by atoms with Gasteiger partial charge in [0.15, 0.2) is 0 Å². The summed E-state index contributed by atoms with van der Waals surface area (Å²) in [5, 5.41) is 0. The lowest BCUT2D eigenvalue weighted by molar-refractivity contribution is 0.619. The van der Waals surface area contributed by atoms with E-state index in [2.05, 4.69) is 25.1 Å². The van der Waals surface area contributed by atoms with Gasteiger partial charge in [0, 0.05) is 11.1 Å². The quantitative estimate of drug-likeness (QED) is 0.264. The van der Waals surface area contributed by atoms with Gasteiger partial charge in [0.1, 0.15) is 11.6 Å². The SMILES string of the molecule is C/C=C/CCc1ccc(/C=C/c2ccc(CC(C)c3ccccc3)cc2F)c(F)c1. The average Bonchev–Trinajstić information content (AvgIpc) is 2.75. The second-order valence-corrected chi connectivity index (χ2v) is 7.67. The van der Waals surface area contributed by atoms with Crippen molar-refractivity contribution in [3.8, 4) is 0 Å². The molecule has 0 aliphatic carbocycles. The Labute approximate surface area is 178 Å². The molecule has 0 aliphatic rings. The van der Waals surface area contributed by atoms with Crippen molar-refractivity contribution in [1.29, 1.82) is 0 Å². The molecule has 2 heteroatoms. The third kappa shape index (κ3) is 6.00. The summed E-state index contributed by atoms with van der Waals surface area (Å²) in [5.41, 5.74) is 4.09. The van der Waals surface area contributed by atoms with Crippen LogP contribution in [0.5, 0.6) is 0 Å². The summed E-state index contributed by atoms with van der Waals surface area (Å²) in [4.78, 5) is 0. The number of rotatable bonds is 8. The summed E-state index contributed by atoms with van der Waals surface area (Å²) in [5.74, 6) is -0.252. The number of halogens is 2. The molecule has 1 atom stereocenters. The molecule has 3 aromatic rings. The van der Waals surface area contributed by atoms with Crippen molar-refractivity contribution in [2.75, 3.05) is 0 Å². The summed E-state index contributed by atoms with van der Waals surface area (Å²) in [6.45, 7) is 4.12. The summed E-state index contributed by atoms with van der Waals surface area (Å²) in [7, 11) is 0. The smallest absolute Gasteiger partial charge is 0.130 e. The molecule has 0 heterocycles. The Kier molecular flexibility index (Phi) is 7.73. The molecule has 0 bridgehead atoms. The van der Waals surface area contributed by atoms with Crippen LogP contribution in [-0.4, -0.2) is 0 Å². The van der Waals surface area contributed by atoms with Crippen LogP contribution < -0.4 is 0 Å². The maximum absolute atomic E-state index is 14.6. The van der Waals surface area contributed by atoms with Crippen molar-refractivity contribution in [2.24, 2.45) is 0 Å². The van der Waals surface area contributed by atoms with Gasteiger partial charge in [-0.25, -0.2) is 8.78 Å². The lowest BCUT2D eigenvalue weighted by Crippen LogP contribution is -1.99. The van der Waals surface area contributed by atoms with Gasteiger partial charge in [0.2, 0.25) is 0 Å². The second kappa shape index (κ2) is 10.7. The molecule has 0 fully saturated rings. The first-order chi connectivity index (χ1) is 14.6. The molecule has 3 aromatic carbocycles. The van der Waals surface area contributed by atoms with E-state index in [-0.39, 0.29) is 11.6 Å². The van der Waals surface area contributed by atoms with E-state index in [0.717, 1.165) is 30.4 Å². The number of hydrogen-bond acceptors (Lipinski definition) is 0. The fraction of sp³-hybridized carbons (Fsp3) is 0.214. The minimum Gasteiger partial charge on any atom is -0.206 e. The molecular formula is C28H28F2. The molecule has 0 N–H and O–H groups in total. The minimum absolute atomic E-state index is 0.280. The third-order valence-electron chi connectivity index (χ3n) is 5.32. The maximum Gasteiger partial charge on any atom is 0.130 e. The van der Waals surface area contributed by atoms with Crippen molar-refractivity contribution < 1.29 is 8.78 Å². The van der Waals surface area contributed by atoms with Crippen molar-refractivity contribution in [1.82, 2.24) is 0 Å². The van der Waals surface area contributed by atoms with E-state index in [9.17, 15) is 8.78 Å². The largest absolute Gasteiger partial charge is 0.206 e. The van der Waals surface area contributed by atoms with Crippen LogP contribution in [0.1, 0.15) is 54.0 Å². The normalized spacial score (nSPS) is 12.7. The fourth-order valence-corrected chi connectivity index (χ4v) is 3.54. The Balaban J connectivity index is 1.67. The lowest BCUT2D eigenvalue weighted by atomic mass is 9.93. The highest BCUT2D eigenvalue weighted by molar-refractivity contribution is 5.70. The molecule has 0 aliphatic heterocycles. The number of benzene rings is 3. The van der Waals surface area contributed by atoms with E-state index in [1.165, 1.54) is 5.56 Å². The Bertz CT molecular complexity index is 1020. The summed E-state index contributed by atoms with van der Waals surface area (Å²) in [6.07, 6.45) is 9.81. The topological polar surface area (TPSA) is 0 Å². The number of aryl methyl sites for hydroxylation is 1. The van der Waals surface area contributed by atoms with E-state index in [4.69, 9.17) is 0 Å². The molecule has 0 aromatic heterocycles. The van der Waals surface area contributed by atoms with Gasteiger partial charge in [-0.05, 0) is 60.9 Å². The highest BCUT2D eigenvalue weighted by Crippen LogP contribution is 2.23. The number of hydrogen-bond donors (Lipinski definition) is 0. The molecule has 0 nitrogen and oxygen atoms in total. The highest BCUT2D eigenvalue weighted by Gasteiger charge is 2.08.